The fourth-order valence-electron chi connectivity index (χ4n) is 4.64. The van der Waals surface area contributed by atoms with E-state index in [9.17, 15) is 9.18 Å². The number of fused-ring (bicyclic) bond motifs is 1. The normalized spacial score (nSPS) is 14.9. The lowest BCUT2D eigenvalue weighted by Crippen LogP contribution is -2.49. The third kappa shape index (κ3) is 5.54. The molecule has 0 bridgehead atoms. The zero-order valence-electron chi connectivity index (χ0n) is 21.3. The van der Waals surface area contributed by atoms with E-state index in [4.69, 9.17) is 11.6 Å². The van der Waals surface area contributed by atoms with Crippen molar-refractivity contribution in [1.82, 2.24) is 25.2 Å². The number of halogens is 2. The summed E-state index contributed by atoms with van der Waals surface area (Å²) in [6.45, 7) is 5.37. The highest BCUT2D eigenvalue weighted by molar-refractivity contribution is 6.34. The van der Waals surface area contributed by atoms with E-state index in [1.165, 1.54) is 6.07 Å². The highest BCUT2D eigenvalue weighted by atomic mass is 35.5. The highest BCUT2D eigenvalue weighted by Gasteiger charge is 2.21. The molecule has 2 aromatic carbocycles. The topological polar surface area (TPSA) is 86.3 Å². The maximum absolute atomic E-state index is 14.4. The minimum Gasteiger partial charge on any atom is -0.377 e. The molecule has 0 aliphatic carbocycles. The number of likely N-dealkylation sites (N-methyl/N-ethyl adjacent to an activating group) is 1. The Balaban J connectivity index is 1.35. The molecule has 38 heavy (non-hydrogen) atoms. The van der Waals surface area contributed by atoms with Crippen molar-refractivity contribution in [2.75, 3.05) is 50.0 Å². The molecule has 2 N–H and O–H groups in total. The number of nitrogens with one attached hydrogen (secondary N) is 2. The first-order valence-electron chi connectivity index (χ1n) is 12.5. The average Bonchev–Trinajstić information content (AvgIpc) is 2.95. The largest absolute Gasteiger partial charge is 0.377 e. The van der Waals surface area contributed by atoms with E-state index < -0.39 is 0 Å². The quantitative estimate of drug-likeness (QED) is 0.361. The number of hydrogen-bond acceptors (Lipinski definition) is 7. The van der Waals surface area contributed by atoms with Gasteiger partial charge in [-0.15, -0.1) is 0 Å². The smallest absolute Gasteiger partial charge is 0.233 e. The molecule has 1 saturated heterocycles. The Morgan fingerprint density at radius 2 is 1.76 bits per heavy atom. The number of nitrogens with zero attached hydrogens (tertiary/aromatic N) is 5. The monoisotopic (exact) mass is 533 g/mol. The van der Waals surface area contributed by atoms with Gasteiger partial charge in [0.1, 0.15) is 5.82 Å². The van der Waals surface area contributed by atoms with Gasteiger partial charge in [0, 0.05) is 68.3 Å². The van der Waals surface area contributed by atoms with Gasteiger partial charge in [0.2, 0.25) is 11.9 Å². The third-order valence-electron chi connectivity index (χ3n) is 6.83. The molecule has 1 atom stereocenters. The molecule has 1 fully saturated rings. The Bertz CT molecular complexity index is 1440. The van der Waals surface area contributed by atoms with Crippen molar-refractivity contribution in [1.29, 1.82) is 0 Å². The van der Waals surface area contributed by atoms with Crippen LogP contribution in [0.2, 0.25) is 5.02 Å². The average molecular weight is 534 g/mol. The second kappa shape index (κ2) is 11.3. The molecule has 10 heteroatoms. The Kier molecular flexibility index (Phi) is 7.67. The third-order valence-corrected chi connectivity index (χ3v) is 7.11. The lowest BCUT2D eigenvalue weighted by Gasteiger charge is -2.34. The molecule has 3 heterocycles. The SMILES string of the molecule is CNC(=O)CN1CCN(c2ncc(-c3ccc4ncc(Cl)c(N[C@H](C)c5ccccc5F)c4c3)cn2)CC1. The molecule has 0 radical (unpaired) electrons. The van der Waals surface area contributed by atoms with Gasteiger partial charge in [-0.2, -0.15) is 0 Å². The lowest BCUT2D eigenvalue weighted by atomic mass is 10.0. The first-order valence-corrected chi connectivity index (χ1v) is 12.9. The number of carbonyl (C=O) groups excluding carboxylic acids is 1. The molecule has 5 rings (SSSR count). The minimum absolute atomic E-state index is 0.0194. The summed E-state index contributed by atoms with van der Waals surface area (Å²) in [6, 6.07) is 12.3. The summed E-state index contributed by atoms with van der Waals surface area (Å²) >= 11 is 6.55. The zero-order valence-corrected chi connectivity index (χ0v) is 22.0. The number of rotatable bonds is 7. The summed E-state index contributed by atoms with van der Waals surface area (Å²) < 4.78 is 14.4. The number of aromatic nitrogens is 3. The lowest BCUT2D eigenvalue weighted by molar-refractivity contribution is -0.121. The van der Waals surface area contributed by atoms with Crippen LogP contribution in [0, 0.1) is 5.82 Å². The van der Waals surface area contributed by atoms with Gasteiger partial charge in [-0.1, -0.05) is 35.9 Å². The van der Waals surface area contributed by atoms with Crippen LogP contribution in [0.15, 0.2) is 61.1 Å². The van der Waals surface area contributed by atoms with E-state index in [0.29, 0.717) is 28.8 Å². The summed E-state index contributed by atoms with van der Waals surface area (Å²) in [7, 11) is 1.65. The maximum atomic E-state index is 14.4. The Hall–Kier alpha value is -3.82. The van der Waals surface area contributed by atoms with E-state index in [-0.39, 0.29) is 17.8 Å². The number of hydrogen-bond donors (Lipinski definition) is 2. The molecule has 1 aliphatic rings. The number of anilines is 2. The highest BCUT2D eigenvalue weighted by Crippen LogP contribution is 2.35. The van der Waals surface area contributed by atoms with Crippen molar-refractivity contribution in [2.24, 2.45) is 0 Å². The maximum Gasteiger partial charge on any atom is 0.233 e. The summed E-state index contributed by atoms with van der Waals surface area (Å²) in [5.41, 5.74) is 3.81. The van der Waals surface area contributed by atoms with Crippen LogP contribution in [0.1, 0.15) is 18.5 Å². The van der Waals surface area contributed by atoms with Gasteiger partial charge < -0.3 is 15.5 Å². The molecule has 0 spiro atoms. The standard InChI is InChI=1S/C28H29ClFN7O/c1-18(21-5-3-4-6-24(21)30)35-27-22-13-19(7-8-25(22)32-16-23(27)29)20-14-33-28(34-15-20)37-11-9-36(10-12-37)17-26(38)31-2/h3-8,13-16,18H,9-12,17H2,1-2H3,(H,31,38)(H,32,35)/t18-/m1/s1. The number of benzene rings is 2. The molecule has 4 aromatic rings. The number of piperazine rings is 1. The number of pyridine rings is 1. The van der Waals surface area contributed by atoms with Gasteiger partial charge >= 0.3 is 0 Å². The molecule has 8 nitrogen and oxygen atoms in total. The van der Waals surface area contributed by atoms with E-state index in [1.807, 2.05) is 43.6 Å². The predicted octanol–water partition coefficient (Wildman–Crippen LogP) is 4.53. The Labute approximate surface area is 225 Å². The fraction of sp³-hybridized carbons (Fsp3) is 0.286. The molecular formula is C28H29ClFN7O. The minimum atomic E-state index is -0.303. The first kappa shape index (κ1) is 25.8. The zero-order chi connectivity index (χ0) is 26.6. The van der Waals surface area contributed by atoms with Gasteiger partial charge in [-0.25, -0.2) is 14.4 Å². The Morgan fingerprint density at radius 3 is 2.47 bits per heavy atom. The summed E-state index contributed by atoms with van der Waals surface area (Å²) in [6.07, 6.45) is 5.23. The first-order chi connectivity index (χ1) is 18.4. The van der Waals surface area contributed by atoms with Crippen molar-refractivity contribution in [2.45, 2.75) is 13.0 Å². The number of carbonyl (C=O) groups is 1. The van der Waals surface area contributed by atoms with Gasteiger partial charge in [0.15, 0.2) is 0 Å². The van der Waals surface area contributed by atoms with E-state index in [2.05, 4.69) is 35.4 Å². The van der Waals surface area contributed by atoms with Crippen LogP contribution in [0.25, 0.3) is 22.0 Å². The van der Waals surface area contributed by atoms with Gasteiger partial charge in [-0.05, 0) is 30.7 Å². The molecule has 1 amide bonds. The van der Waals surface area contributed by atoms with Crippen LogP contribution in [0.4, 0.5) is 16.0 Å². The van der Waals surface area contributed by atoms with Crippen molar-refractivity contribution in [3.05, 3.63) is 77.5 Å². The molecule has 0 unspecified atom stereocenters. The molecule has 1 aliphatic heterocycles. The fourth-order valence-corrected chi connectivity index (χ4v) is 4.84. The van der Waals surface area contributed by atoms with Crippen LogP contribution in [-0.4, -0.2) is 65.5 Å². The van der Waals surface area contributed by atoms with Crippen molar-refractivity contribution in [3.63, 3.8) is 0 Å². The summed E-state index contributed by atoms with van der Waals surface area (Å²) in [5.74, 6) is 0.415. The second-order valence-electron chi connectivity index (χ2n) is 9.31. The molecule has 0 saturated carbocycles. The molecule has 196 valence electrons. The van der Waals surface area contributed by atoms with Gasteiger partial charge in [0.25, 0.3) is 0 Å². The van der Waals surface area contributed by atoms with Crippen LogP contribution in [0.5, 0.6) is 0 Å². The van der Waals surface area contributed by atoms with Crippen molar-refractivity contribution < 1.29 is 9.18 Å². The van der Waals surface area contributed by atoms with E-state index >= 15 is 0 Å². The van der Waals surface area contributed by atoms with Gasteiger partial charge in [0.05, 0.1) is 28.8 Å². The van der Waals surface area contributed by atoms with Crippen LogP contribution in [-0.2, 0) is 4.79 Å². The van der Waals surface area contributed by atoms with Crippen LogP contribution < -0.4 is 15.5 Å². The summed E-state index contributed by atoms with van der Waals surface area (Å²) in [5, 5.41) is 7.33. The molecular weight excluding hydrogens is 505 g/mol. The van der Waals surface area contributed by atoms with E-state index in [1.54, 1.807) is 25.4 Å². The van der Waals surface area contributed by atoms with Crippen molar-refractivity contribution in [3.8, 4) is 11.1 Å². The van der Waals surface area contributed by atoms with Gasteiger partial charge in [-0.3, -0.25) is 14.7 Å². The van der Waals surface area contributed by atoms with Crippen LogP contribution >= 0.6 is 11.6 Å². The number of amides is 1. The predicted molar refractivity (Wildman–Crippen MR) is 149 cm³/mol. The molecule has 2 aromatic heterocycles. The van der Waals surface area contributed by atoms with Crippen LogP contribution in [0.3, 0.4) is 0 Å². The van der Waals surface area contributed by atoms with E-state index in [0.717, 1.165) is 48.2 Å². The van der Waals surface area contributed by atoms with Crippen molar-refractivity contribution >= 4 is 40.0 Å². The Morgan fingerprint density at radius 1 is 1.03 bits per heavy atom. The second-order valence-corrected chi connectivity index (χ2v) is 9.72. The summed E-state index contributed by atoms with van der Waals surface area (Å²) in [4.78, 5) is 29.6.